The maximum atomic E-state index is 6.20. The summed E-state index contributed by atoms with van der Waals surface area (Å²) in [6.07, 6.45) is 4.20. The summed E-state index contributed by atoms with van der Waals surface area (Å²) in [4.78, 5) is 14.4. The number of aryl methyl sites for hydroxylation is 1. The Balaban J connectivity index is 1.43. The van der Waals surface area contributed by atoms with E-state index in [2.05, 4.69) is 50.2 Å². The van der Waals surface area contributed by atoms with Gasteiger partial charge in [0.1, 0.15) is 5.82 Å². The Morgan fingerprint density at radius 1 is 1.07 bits per heavy atom. The number of nitrogens with zero attached hydrogens (tertiary/aromatic N) is 6. The number of hydrogen-bond acceptors (Lipinski definition) is 6. The summed E-state index contributed by atoms with van der Waals surface area (Å²) in [5, 5.41) is 5.10. The maximum absolute atomic E-state index is 6.20. The number of fused-ring (bicyclic) bond motifs is 5. The van der Waals surface area contributed by atoms with Gasteiger partial charge in [-0.3, -0.25) is 9.58 Å². The molecule has 0 saturated carbocycles. The van der Waals surface area contributed by atoms with Crippen LogP contribution in [-0.2, 0) is 13.6 Å². The Kier molecular flexibility index (Phi) is 3.97. The monoisotopic (exact) mass is 363 g/mol. The van der Waals surface area contributed by atoms with Gasteiger partial charge in [0.2, 0.25) is 5.95 Å². The molecule has 0 radical (unpaired) electrons. The molecule has 1 aromatic carbocycles. The van der Waals surface area contributed by atoms with Crippen LogP contribution in [0.4, 0.5) is 11.8 Å². The Morgan fingerprint density at radius 3 is 2.78 bits per heavy atom. The lowest BCUT2D eigenvalue weighted by Crippen LogP contribution is -2.45. The average Bonchev–Trinajstić information content (AvgIpc) is 2.85. The highest BCUT2D eigenvalue weighted by atomic mass is 15.4. The van der Waals surface area contributed by atoms with E-state index in [1.807, 2.05) is 7.05 Å². The molecule has 3 aliphatic rings. The van der Waals surface area contributed by atoms with Crippen LogP contribution in [0.5, 0.6) is 0 Å². The van der Waals surface area contributed by atoms with E-state index in [-0.39, 0.29) is 0 Å². The standard InChI is InChI=1S/C20H25N7/c1-25-19-17(9-22-25)18(21)23-20(24-19)27-12-15-7-8-16(27)13-26(11-15)10-14-5-3-2-4-6-14/h2-6,9,15-16H,7-8,10-13H2,1H3,(H2,21,23,24). The highest BCUT2D eigenvalue weighted by molar-refractivity contribution is 5.86. The van der Waals surface area contributed by atoms with Gasteiger partial charge in [-0.25, -0.2) is 0 Å². The molecule has 3 fully saturated rings. The fourth-order valence-corrected chi connectivity index (χ4v) is 4.56. The fourth-order valence-electron chi connectivity index (χ4n) is 4.56. The number of aromatic nitrogens is 4. The summed E-state index contributed by atoms with van der Waals surface area (Å²) < 4.78 is 1.77. The first-order valence-electron chi connectivity index (χ1n) is 9.65. The Labute approximate surface area is 158 Å². The zero-order chi connectivity index (χ0) is 18.4. The van der Waals surface area contributed by atoms with Gasteiger partial charge in [0.05, 0.1) is 11.6 Å². The summed E-state index contributed by atoms with van der Waals surface area (Å²) in [5.41, 5.74) is 8.38. The first-order chi connectivity index (χ1) is 13.2. The SMILES string of the molecule is Cn1ncc2c(N)nc(N3CC4CCC3CN(Cc3ccccc3)C4)nc21. The second-order valence-corrected chi connectivity index (χ2v) is 7.84. The zero-order valence-corrected chi connectivity index (χ0v) is 15.6. The van der Waals surface area contributed by atoms with Gasteiger partial charge in [0.25, 0.3) is 0 Å². The van der Waals surface area contributed by atoms with E-state index in [4.69, 9.17) is 10.7 Å². The van der Waals surface area contributed by atoms with Gasteiger partial charge < -0.3 is 10.6 Å². The highest BCUT2D eigenvalue weighted by Crippen LogP contribution is 2.32. The zero-order valence-electron chi connectivity index (χ0n) is 15.6. The molecule has 3 aliphatic heterocycles. The predicted molar refractivity (Wildman–Crippen MR) is 106 cm³/mol. The molecule has 2 N–H and O–H groups in total. The van der Waals surface area contributed by atoms with Crippen molar-refractivity contribution in [2.75, 3.05) is 30.3 Å². The second-order valence-electron chi connectivity index (χ2n) is 7.84. The van der Waals surface area contributed by atoms with Crippen LogP contribution < -0.4 is 10.6 Å². The van der Waals surface area contributed by atoms with Gasteiger partial charge in [0, 0.05) is 39.3 Å². The molecule has 7 nitrogen and oxygen atoms in total. The van der Waals surface area contributed by atoms with Gasteiger partial charge in [-0.2, -0.15) is 15.1 Å². The van der Waals surface area contributed by atoms with Crippen LogP contribution in [-0.4, -0.2) is 50.3 Å². The number of rotatable bonds is 3. The lowest BCUT2D eigenvalue weighted by Gasteiger charge is -2.36. The molecule has 140 valence electrons. The number of anilines is 2. The van der Waals surface area contributed by atoms with Crippen molar-refractivity contribution in [3.8, 4) is 0 Å². The minimum atomic E-state index is 0.428. The molecule has 6 rings (SSSR count). The summed E-state index contributed by atoms with van der Waals surface area (Å²) in [5.74, 6) is 1.91. The first-order valence-corrected chi connectivity index (χ1v) is 9.65. The number of nitrogens with two attached hydrogens (primary N) is 1. The van der Waals surface area contributed by atoms with Crippen LogP contribution in [0.3, 0.4) is 0 Å². The summed E-state index contributed by atoms with van der Waals surface area (Å²) in [6, 6.07) is 11.2. The molecule has 5 heterocycles. The van der Waals surface area contributed by atoms with Gasteiger partial charge in [-0.15, -0.1) is 0 Å². The molecule has 2 unspecified atom stereocenters. The van der Waals surface area contributed by atoms with Crippen molar-refractivity contribution in [3.05, 3.63) is 42.1 Å². The van der Waals surface area contributed by atoms with Crippen molar-refractivity contribution >= 4 is 22.8 Å². The predicted octanol–water partition coefficient (Wildman–Crippen LogP) is 2.05. The Bertz CT molecular complexity index is 952. The molecule has 0 spiro atoms. The van der Waals surface area contributed by atoms with Crippen LogP contribution >= 0.6 is 0 Å². The van der Waals surface area contributed by atoms with Gasteiger partial charge >= 0.3 is 0 Å². The second kappa shape index (κ2) is 6.49. The van der Waals surface area contributed by atoms with Crippen molar-refractivity contribution in [1.29, 1.82) is 0 Å². The van der Waals surface area contributed by atoms with Crippen LogP contribution in [0.1, 0.15) is 18.4 Å². The number of benzene rings is 1. The molecular weight excluding hydrogens is 338 g/mol. The van der Waals surface area contributed by atoms with E-state index in [0.717, 1.165) is 43.2 Å². The summed E-state index contributed by atoms with van der Waals surface area (Å²) in [7, 11) is 1.90. The number of hydrogen-bond donors (Lipinski definition) is 1. The van der Waals surface area contributed by atoms with Gasteiger partial charge in [-0.05, 0) is 24.3 Å². The minimum Gasteiger partial charge on any atom is -0.383 e. The van der Waals surface area contributed by atoms with Crippen molar-refractivity contribution in [3.63, 3.8) is 0 Å². The van der Waals surface area contributed by atoms with Crippen molar-refractivity contribution < 1.29 is 0 Å². The Morgan fingerprint density at radius 2 is 1.93 bits per heavy atom. The molecular formula is C20H25N7. The molecule has 0 aliphatic carbocycles. The molecule has 2 aromatic heterocycles. The normalized spacial score (nSPS) is 23.1. The number of nitrogen functional groups attached to an aromatic ring is 1. The van der Waals surface area contributed by atoms with Crippen molar-refractivity contribution in [2.45, 2.75) is 25.4 Å². The molecule has 2 atom stereocenters. The lowest BCUT2D eigenvalue weighted by molar-refractivity contribution is 0.256. The third-order valence-electron chi connectivity index (χ3n) is 5.90. The average molecular weight is 363 g/mol. The van der Waals surface area contributed by atoms with Crippen LogP contribution in [0.2, 0.25) is 0 Å². The van der Waals surface area contributed by atoms with Crippen LogP contribution in [0.25, 0.3) is 11.0 Å². The smallest absolute Gasteiger partial charge is 0.229 e. The molecule has 3 aromatic rings. The largest absolute Gasteiger partial charge is 0.383 e. The van der Waals surface area contributed by atoms with Crippen LogP contribution in [0, 0.1) is 5.92 Å². The van der Waals surface area contributed by atoms with E-state index in [9.17, 15) is 0 Å². The van der Waals surface area contributed by atoms with E-state index in [1.165, 1.54) is 18.4 Å². The molecule has 7 heteroatoms. The van der Waals surface area contributed by atoms with Crippen molar-refractivity contribution in [1.82, 2.24) is 24.6 Å². The van der Waals surface area contributed by atoms with Crippen molar-refractivity contribution in [2.24, 2.45) is 13.0 Å². The fraction of sp³-hybridized carbons (Fsp3) is 0.450. The quantitative estimate of drug-likeness (QED) is 0.767. The van der Waals surface area contributed by atoms with E-state index >= 15 is 0 Å². The summed E-state index contributed by atoms with van der Waals surface area (Å²) >= 11 is 0. The van der Waals surface area contributed by atoms with Gasteiger partial charge in [-0.1, -0.05) is 30.3 Å². The third-order valence-corrected chi connectivity index (χ3v) is 5.90. The first kappa shape index (κ1) is 16.5. The summed E-state index contributed by atoms with van der Waals surface area (Å²) in [6.45, 7) is 4.17. The maximum Gasteiger partial charge on any atom is 0.229 e. The lowest BCUT2D eigenvalue weighted by atomic mass is 9.95. The molecule has 3 saturated heterocycles. The topological polar surface area (TPSA) is 76.1 Å². The minimum absolute atomic E-state index is 0.428. The highest BCUT2D eigenvalue weighted by Gasteiger charge is 2.36. The van der Waals surface area contributed by atoms with E-state index in [1.54, 1.807) is 10.9 Å². The van der Waals surface area contributed by atoms with E-state index < -0.39 is 0 Å². The Hall–Kier alpha value is -2.67. The van der Waals surface area contributed by atoms with Gasteiger partial charge in [0.15, 0.2) is 5.65 Å². The number of piperidine rings is 1. The third kappa shape index (κ3) is 3.02. The molecule has 27 heavy (non-hydrogen) atoms. The van der Waals surface area contributed by atoms with Crippen LogP contribution in [0.15, 0.2) is 36.5 Å². The molecule has 0 amide bonds. The molecule has 2 bridgehead atoms. The van der Waals surface area contributed by atoms with E-state index in [0.29, 0.717) is 17.8 Å².